The fourth-order valence-corrected chi connectivity index (χ4v) is 4.37. The van der Waals surface area contributed by atoms with E-state index in [2.05, 4.69) is 37.6 Å². The predicted molar refractivity (Wildman–Crippen MR) is 119 cm³/mol. The molecule has 158 valence electrons. The zero-order valence-corrected chi connectivity index (χ0v) is 18.6. The van der Waals surface area contributed by atoms with Crippen molar-refractivity contribution in [2.75, 3.05) is 20.3 Å². The molecule has 4 heterocycles. The van der Waals surface area contributed by atoms with Gasteiger partial charge in [-0.3, -0.25) is 19.3 Å². The predicted octanol–water partition coefficient (Wildman–Crippen LogP) is 3.99. The number of nitrogens with zero attached hydrogens (tertiary/aromatic N) is 4. The number of aromatic nitrogens is 3. The van der Waals surface area contributed by atoms with Crippen molar-refractivity contribution in [3.63, 3.8) is 0 Å². The molecule has 8 heteroatoms. The highest BCUT2D eigenvalue weighted by Gasteiger charge is 2.33. The molecule has 2 aliphatic rings. The first kappa shape index (κ1) is 20.1. The summed E-state index contributed by atoms with van der Waals surface area (Å²) in [5.74, 6) is 0.848. The fraction of sp³-hybridized carbons (Fsp3) is 0.304. The summed E-state index contributed by atoms with van der Waals surface area (Å²) in [5.41, 5.74) is 4.64. The van der Waals surface area contributed by atoms with Crippen molar-refractivity contribution in [1.29, 1.82) is 0 Å². The number of carbonyl (C=O) groups excluding carboxylic acids is 1. The van der Waals surface area contributed by atoms with Crippen molar-refractivity contribution < 1.29 is 14.3 Å². The van der Waals surface area contributed by atoms with E-state index in [1.807, 2.05) is 30.5 Å². The topological polar surface area (TPSA) is 78.6 Å². The lowest BCUT2D eigenvalue weighted by atomic mass is 10.0. The molecule has 0 amide bonds. The molecule has 1 aromatic carbocycles. The monoisotopic (exact) mass is 480 g/mol. The number of imidazole rings is 1. The average molecular weight is 481 g/mol. The summed E-state index contributed by atoms with van der Waals surface area (Å²) < 4.78 is 13.5. The molecule has 7 nitrogen and oxygen atoms in total. The van der Waals surface area contributed by atoms with Gasteiger partial charge in [-0.25, -0.2) is 4.98 Å². The summed E-state index contributed by atoms with van der Waals surface area (Å²) >= 11 is 3.61. The molecule has 2 aromatic heterocycles. The Labute approximate surface area is 188 Å². The van der Waals surface area contributed by atoms with Crippen molar-refractivity contribution >= 4 is 27.6 Å². The first-order chi connectivity index (χ1) is 15.2. The van der Waals surface area contributed by atoms with Gasteiger partial charge in [-0.05, 0) is 36.8 Å². The molecule has 0 bridgehead atoms. The summed E-state index contributed by atoms with van der Waals surface area (Å²) in [6.07, 6.45) is 4.44. The maximum Gasteiger partial charge on any atom is 0.305 e. The summed E-state index contributed by atoms with van der Waals surface area (Å²) in [6, 6.07) is 11.6. The number of pyridine rings is 1. The van der Waals surface area contributed by atoms with Gasteiger partial charge in [0.05, 0.1) is 43.1 Å². The van der Waals surface area contributed by atoms with E-state index < -0.39 is 0 Å². The molecule has 31 heavy (non-hydrogen) atoms. The Kier molecular flexibility index (Phi) is 5.41. The van der Waals surface area contributed by atoms with Gasteiger partial charge in [0.2, 0.25) is 0 Å². The quantitative estimate of drug-likeness (QED) is 0.515. The second-order valence-electron chi connectivity index (χ2n) is 7.60. The number of carbonyl (C=O) groups is 1. The molecule has 1 atom stereocenters. The Morgan fingerprint density at radius 3 is 2.84 bits per heavy atom. The van der Waals surface area contributed by atoms with Crippen LogP contribution in [0.2, 0.25) is 0 Å². The number of esters is 1. The number of hydrogen-bond acceptors (Lipinski definition) is 6. The van der Waals surface area contributed by atoms with Gasteiger partial charge < -0.3 is 9.47 Å². The Hall–Kier alpha value is -2.84. The van der Waals surface area contributed by atoms with Crippen LogP contribution in [0.25, 0.3) is 5.69 Å². The number of hydrogen-bond donors (Lipinski definition) is 0. The SMILES string of the molecule is COC(=O)CCC1N=C(c2ccccn2)c2cc(Br)ccc2-n2c(C3COC3)cnc21. The van der Waals surface area contributed by atoms with Crippen molar-refractivity contribution in [1.82, 2.24) is 14.5 Å². The molecule has 0 N–H and O–H groups in total. The summed E-state index contributed by atoms with van der Waals surface area (Å²) in [5, 5.41) is 0. The largest absolute Gasteiger partial charge is 0.469 e. The molecule has 0 aliphatic carbocycles. The van der Waals surface area contributed by atoms with Crippen molar-refractivity contribution in [3.8, 4) is 5.69 Å². The van der Waals surface area contributed by atoms with Gasteiger partial charge in [0.25, 0.3) is 0 Å². The van der Waals surface area contributed by atoms with Gasteiger partial charge in [-0.1, -0.05) is 22.0 Å². The molecule has 5 rings (SSSR count). The van der Waals surface area contributed by atoms with Crippen LogP contribution in [-0.2, 0) is 14.3 Å². The molecule has 1 unspecified atom stereocenters. The number of fused-ring (bicyclic) bond motifs is 3. The van der Waals surface area contributed by atoms with E-state index in [4.69, 9.17) is 19.5 Å². The van der Waals surface area contributed by atoms with E-state index in [-0.39, 0.29) is 24.3 Å². The summed E-state index contributed by atoms with van der Waals surface area (Å²) in [4.78, 5) is 26.3. The molecule has 2 aliphatic heterocycles. The van der Waals surface area contributed by atoms with Gasteiger partial charge in [0.1, 0.15) is 11.9 Å². The highest BCUT2D eigenvalue weighted by molar-refractivity contribution is 9.10. The fourth-order valence-electron chi connectivity index (χ4n) is 4.01. The van der Waals surface area contributed by atoms with Crippen LogP contribution >= 0.6 is 15.9 Å². The number of halogens is 1. The maximum absolute atomic E-state index is 11.9. The van der Waals surface area contributed by atoms with Gasteiger partial charge in [-0.15, -0.1) is 0 Å². The van der Waals surface area contributed by atoms with E-state index in [9.17, 15) is 4.79 Å². The van der Waals surface area contributed by atoms with Gasteiger partial charge in [0.15, 0.2) is 0 Å². The maximum atomic E-state index is 11.9. The van der Waals surface area contributed by atoms with E-state index in [1.54, 1.807) is 6.20 Å². The van der Waals surface area contributed by atoms with Gasteiger partial charge in [-0.2, -0.15) is 0 Å². The standard InChI is InChI=1S/C23H21BrN4O3/c1-30-21(29)8-6-18-23-26-11-20(14-12-31-13-14)28(23)19-7-5-15(24)10-16(19)22(27-18)17-4-2-3-9-25-17/h2-5,7,9-11,14,18H,6,8,12-13H2,1H3. The molecule has 1 saturated heterocycles. The van der Waals surface area contributed by atoms with Crippen molar-refractivity contribution in [2.45, 2.75) is 24.8 Å². The smallest absolute Gasteiger partial charge is 0.305 e. The minimum Gasteiger partial charge on any atom is -0.469 e. The summed E-state index contributed by atoms with van der Waals surface area (Å²) in [7, 11) is 1.40. The lowest BCUT2D eigenvalue weighted by Crippen LogP contribution is -2.27. The normalized spacial score (nSPS) is 17.7. The third kappa shape index (κ3) is 3.70. The van der Waals surface area contributed by atoms with E-state index in [1.165, 1.54) is 7.11 Å². The van der Waals surface area contributed by atoms with Crippen LogP contribution in [0.4, 0.5) is 0 Å². The molecular weight excluding hydrogens is 460 g/mol. The van der Waals surface area contributed by atoms with Crippen LogP contribution in [0.1, 0.15) is 47.6 Å². The number of benzene rings is 1. The van der Waals surface area contributed by atoms with E-state index in [0.29, 0.717) is 19.6 Å². The van der Waals surface area contributed by atoms with Crippen LogP contribution in [0.15, 0.2) is 58.3 Å². The average Bonchev–Trinajstić information content (AvgIpc) is 3.11. The lowest BCUT2D eigenvalue weighted by molar-refractivity contribution is -0.140. The molecule has 0 spiro atoms. The van der Waals surface area contributed by atoms with Gasteiger partial charge in [0, 0.05) is 34.8 Å². The molecule has 3 aromatic rings. The lowest BCUT2D eigenvalue weighted by Gasteiger charge is -2.27. The minimum absolute atomic E-state index is 0.259. The van der Waals surface area contributed by atoms with Crippen LogP contribution in [0, 0.1) is 0 Å². The van der Waals surface area contributed by atoms with Gasteiger partial charge >= 0.3 is 5.97 Å². The Morgan fingerprint density at radius 2 is 2.13 bits per heavy atom. The number of aliphatic imine (C=N–C) groups is 1. The van der Waals surface area contributed by atoms with Crippen LogP contribution in [-0.4, -0.2) is 46.5 Å². The van der Waals surface area contributed by atoms with Crippen molar-refractivity contribution in [2.24, 2.45) is 4.99 Å². The zero-order valence-electron chi connectivity index (χ0n) is 17.0. The van der Waals surface area contributed by atoms with Crippen LogP contribution in [0.3, 0.4) is 0 Å². The first-order valence-electron chi connectivity index (χ1n) is 10.2. The molecular formula is C23H21BrN4O3. The highest BCUT2D eigenvalue weighted by Crippen LogP contribution is 2.37. The Balaban J connectivity index is 1.71. The number of rotatable bonds is 5. The molecule has 0 radical (unpaired) electrons. The number of ether oxygens (including phenoxy) is 2. The van der Waals surface area contributed by atoms with Crippen molar-refractivity contribution in [3.05, 3.63) is 76.0 Å². The third-order valence-electron chi connectivity index (χ3n) is 5.67. The Bertz CT molecular complexity index is 1150. The number of methoxy groups -OCH3 is 1. The zero-order chi connectivity index (χ0) is 21.4. The Morgan fingerprint density at radius 1 is 1.26 bits per heavy atom. The summed E-state index contributed by atoms with van der Waals surface area (Å²) in [6.45, 7) is 1.36. The third-order valence-corrected chi connectivity index (χ3v) is 6.16. The van der Waals surface area contributed by atoms with Crippen LogP contribution < -0.4 is 0 Å². The second kappa shape index (κ2) is 8.36. The second-order valence-corrected chi connectivity index (χ2v) is 8.51. The molecule has 1 fully saturated rings. The molecule has 0 saturated carbocycles. The first-order valence-corrected chi connectivity index (χ1v) is 11.0. The minimum atomic E-state index is -0.308. The van der Waals surface area contributed by atoms with E-state index >= 15 is 0 Å². The highest BCUT2D eigenvalue weighted by atomic mass is 79.9. The van der Waals surface area contributed by atoms with E-state index in [0.717, 1.165) is 38.6 Å². The van der Waals surface area contributed by atoms with Crippen LogP contribution in [0.5, 0.6) is 0 Å².